The van der Waals surface area contributed by atoms with Crippen LogP contribution in [0.4, 0.5) is 0 Å². The summed E-state index contributed by atoms with van der Waals surface area (Å²) in [6.07, 6.45) is -2.23. The summed E-state index contributed by atoms with van der Waals surface area (Å²) in [6.45, 7) is -0.524. The van der Waals surface area contributed by atoms with Gasteiger partial charge in [-0.3, -0.25) is 0 Å². The van der Waals surface area contributed by atoms with E-state index in [4.69, 9.17) is 20.4 Å². The van der Waals surface area contributed by atoms with Gasteiger partial charge in [0.05, 0.1) is 12.7 Å². The SMILES string of the molecule is OCCCCC(O)C(O)C(O)CO. The van der Waals surface area contributed by atoms with Crippen LogP contribution >= 0.6 is 0 Å². The van der Waals surface area contributed by atoms with Crippen LogP contribution in [0.25, 0.3) is 0 Å². The molecule has 0 aliphatic carbocycles. The van der Waals surface area contributed by atoms with Gasteiger partial charge in [0, 0.05) is 6.61 Å². The second-order valence-electron chi connectivity index (χ2n) is 3.03. The molecule has 0 fully saturated rings. The molecule has 0 heterocycles. The summed E-state index contributed by atoms with van der Waals surface area (Å²) in [4.78, 5) is 0. The number of hydrogen-bond donors (Lipinski definition) is 5. The average Bonchev–Trinajstić information content (AvgIpc) is 2.15. The van der Waals surface area contributed by atoms with Crippen molar-refractivity contribution in [3.63, 3.8) is 0 Å². The lowest BCUT2D eigenvalue weighted by atomic mass is 10.0. The molecule has 0 aromatic rings. The van der Waals surface area contributed by atoms with Crippen LogP contribution in [0, 0.1) is 0 Å². The van der Waals surface area contributed by atoms with Gasteiger partial charge in [-0.15, -0.1) is 0 Å². The van der Waals surface area contributed by atoms with E-state index >= 15 is 0 Å². The second-order valence-corrected chi connectivity index (χ2v) is 3.03. The lowest BCUT2D eigenvalue weighted by Gasteiger charge is -2.21. The fraction of sp³-hybridized carbons (Fsp3) is 1.00. The number of unbranched alkanes of at least 4 members (excludes halogenated alkanes) is 1. The normalized spacial score (nSPS) is 18.2. The summed E-state index contributed by atoms with van der Waals surface area (Å²) in [5.74, 6) is 0. The first-order valence-electron chi connectivity index (χ1n) is 4.39. The lowest BCUT2D eigenvalue weighted by Crippen LogP contribution is -2.39. The number of hydrogen-bond acceptors (Lipinski definition) is 5. The van der Waals surface area contributed by atoms with Crippen molar-refractivity contribution in [3.8, 4) is 0 Å². The van der Waals surface area contributed by atoms with Gasteiger partial charge in [-0.1, -0.05) is 0 Å². The third-order valence-electron chi connectivity index (χ3n) is 1.88. The Labute approximate surface area is 77.3 Å². The van der Waals surface area contributed by atoms with E-state index in [9.17, 15) is 5.11 Å². The molecule has 0 amide bonds. The van der Waals surface area contributed by atoms with E-state index in [0.717, 1.165) is 0 Å². The van der Waals surface area contributed by atoms with Crippen molar-refractivity contribution < 1.29 is 25.5 Å². The van der Waals surface area contributed by atoms with E-state index in [0.29, 0.717) is 19.3 Å². The molecule has 5 heteroatoms. The zero-order valence-corrected chi connectivity index (χ0v) is 7.50. The summed E-state index contributed by atoms with van der Waals surface area (Å²) < 4.78 is 0. The largest absolute Gasteiger partial charge is 0.396 e. The Morgan fingerprint density at radius 1 is 0.846 bits per heavy atom. The van der Waals surface area contributed by atoms with Crippen LogP contribution in [-0.2, 0) is 0 Å². The van der Waals surface area contributed by atoms with Gasteiger partial charge in [-0.2, -0.15) is 0 Å². The highest BCUT2D eigenvalue weighted by atomic mass is 16.4. The van der Waals surface area contributed by atoms with Crippen molar-refractivity contribution in [3.05, 3.63) is 0 Å². The molecule has 3 atom stereocenters. The predicted molar refractivity (Wildman–Crippen MR) is 46.0 cm³/mol. The third-order valence-corrected chi connectivity index (χ3v) is 1.88. The molecule has 5 N–H and O–H groups in total. The third kappa shape index (κ3) is 5.17. The number of aliphatic hydroxyl groups excluding tert-OH is 5. The van der Waals surface area contributed by atoms with E-state index in [1.54, 1.807) is 0 Å². The van der Waals surface area contributed by atoms with Gasteiger partial charge in [0.25, 0.3) is 0 Å². The maximum Gasteiger partial charge on any atom is 0.108 e. The van der Waals surface area contributed by atoms with Gasteiger partial charge in [0.1, 0.15) is 12.2 Å². The minimum atomic E-state index is -1.32. The van der Waals surface area contributed by atoms with Crippen molar-refractivity contribution in [2.75, 3.05) is 13.2 Å². The molecule has 0 aromatic heterocycles. The van der Waals surface area contributed by atoms with Crippen LogP contribution in [0.3, 0.4) is 0 Å². The molecular weight excluding hydrogens is 176 g/mol. The Hall–Kier alpha value is -0.200. The quantitative estimate of drug-likeness (QED) is 0.309. The van der Waals surface area contributed by atoms with Gasteiger partial charge in [-0.05, 0) is 19.3 Å². The van der Waals surface area contributed by atoms with E-state index < -0.39 is 24.9 Å². The predicted octanol–water partition coefficient (Wildman–Crippen LogP) is -1.78. The molecule has 0 aliphatic rings. The van der Waals surface area contributed by atoms with Gasteiger partial charge >= 0.3 is 0 Å². The summed E-state index contributed by atoms with van der Waals surface area (Å²) in [6, 6.07) is 0. The zero-order chi connectivity index (χ0) is 10.3. The van der Waals surface area contributed by atoms with E-state index in [1.807, 2.05) is 0 Å². The van der Waals surface area contributed by atoms with Crippen LogP contribution in [0.1, 0.15) is 19.3 Å². The van der Waals surface area contributed by atoms with Crippen molar-refractivity contribution >= 4 is 0 Å². The van der Waals surface area contributed by atoms with Crippen molar-refractivity contribution in [2.45, 2.75) is 37.6 Å². The molecule has 5 nitrogen and oxygen atoms in total. The van der Waals surface area contributed by atoms with E-state index in [2.05, 4.69) is 0 Å². The van der Waals surface area contributed by atoms with E-state index in [-0.39, 0.29) is 6.61 Å². The van der Waals surface area contributed by atoms with Crippen molar-refractivity contribution in [1.29, 1.82) is 0 Å². The Bertz CT molecular complexity index is 119. The maximum absolute atomic E-state index is 9.24. The minimum Gasteiger partial charge on any atom is -0.396 e. The molecule has 0 saturated carbocycles. The van der Waals surface area contributed by atoms with Gasteiger partial charge in [-0.25, -0.2) is 0 Å². The Morgan fingerprint density at radius 2 is 1.46 bits per heavy atom. The molecule has 0 aliphatic heterocycles. The second kappa shape index (κ2) is 7.23. The topological polar surface area (TPSA) is 101 Å². The van der Waals surface area contributed by atoms with Crippen LogP contribution in [0.5, 0.6) is 0 Å². The fourth-order valence-corrected chi connectivity index (χ4v) is 1.00. The molecule has 0 rings (SSSR count). The molecule has 0 bridgehead atoms. The molecular formula is C8H18O5. The first-order valence-corrected chi connectivity index (χ1v) is 4.39. The van der Waals surface area contributed by atoms with E-state index in [1.165, 1.54) is 0 Å². The smallest absolute Gasteiger partial charge is 0.108 e. The first kappa shape index (κ1) is 12.8. The molecule has 0 radical (unpaired) electrons. The first-order chi connectivity index (χ1) is 6.13. The minimum absolute atomic E-state index is 0.0470. The monoisotopic (exact) mass is 194 g/mol. The lowest BCUT2D eigenvalue weighted by molar-refractivity contribution is -0.0788. The van der Waals surface area contributed by atoms with Crippen LogP contribution < -0.4 is 0 Å². The zero-order valence-electron chi connectivity index (χ0n) is 7.50. The summed E-state index contributed by atoms with van der Waals surface area (Å²) in [5.41, 5.74) is 0. The molecule has 0 spiro atoms. The highest BCUT2D eigenvalue weighted by Gasteiger charge is 2.23. The highest BCUT2D eigenvalue weighted by Crippen LogP contribution is 2.07. The molecule has 3 unspecified atom stereocenters. The molecule has 80 valence electrons. The van der Waals surface area contributed by atoms with Crippen LogP contribution in [-0.4, -0.2) is 57.1 Å². The van der Waals surface area contributed by atoms with Crippen LogP contribution in [0.2, 0.25) is 0 Å². The average molecular weight is 194 g/mol. The number of rotatable bonds is 7. The van der Waals surface area contributed by atoms with Gasteiger partial charge in [0.15, 0.2) is 0 Å². The van der Waals surface area contributed by atoms with Crippen molar-refractivity contribution in [1.82, 2.24) is 0 Å². The molecule has 0 saturated heterocycles. The molecule has 0 aromatic carbocycles. The maximum atomic E-state index is 9.24. The standard InChI is InChI=1S/C8H18O5/c9-4-2-1-3-6(11)8(13)7(12)5-10/h6-13H,1-5H2. The summed E-state index contributed by atoms with van der Waals surface area (Å²) in [5, 5.41) is 44.3. The Kier molecular flexibility index (Phi) is 7.12. The van der Waals surface area contributed by atoms with Gasteiger partial charge < -0.3 is 25.5 Å². The Morgan fingerprint density at radius 3 is 1.92 bits per heavy atom. The summed E-state index contributed by atoms with van der Waals surface area (Å²) >= 11 is 0. The molecule has 13 heavy (non-hydrogen) atoms. The van der Waals surface area contributed by atoms with Crippen molar-refractivity contribution in [2.24, 2.45) is 0 Å². The van der Waals surface area contributed by atoms with Crippen LogP contribution in [0.15, 0.2) is 0 Å². The number of aliphatic hydroxyl groups is 5. The highest BCUT2D eigenvalue weighted by molar-refractivity contribution is 4.74. The Balaban J connectivity index is 3.62. The fourth-order valence-electron chi connectivity index (χ4n) is 1.00. The summed E-state index contributed by atoms with van der Waals surface area (Å²) in [7, 11) is 0. The van der Waals surface area contributed by atoms with Gasteiger partial charge in [0.2, 0.25) is 0 Å².